The number of ketones is 1. The second-order valence-corrected chi connectivity index (χ2v) is 5.22. The van der Waals surface area contributed by atoms with Gasteiger partial charge in [-0.3, -0.25) is 9.89 Å². The van der Waals surface area contributed by atoms with Crippen LogP contribution < -0.4 is 5.73 Å². The summed E-state index contributed by atoms with van der Waals surface area (Å²) in [6.45, 7) is 5.66. The molecule has 3 N–H and O–H groups in total. The highest BCUT2D eigenvalue weighted by atomic mass is 19.1. The first-order chi connectivity index (χ1) is 12.5. The van der Waals surface area contributed by atoms with Crippen LogP contribution in [0.5, 0.6) is 0 Å². The first kappa shape index (κ1) is 18.6. The standard InChI is InChI=1S/C17H10FN5O.C2H6/c1-8-2-3-9(18)4-10(8)17(24)15-12(6-19)16-11(5-13(15)21)14(7-20)22-23-16;1-2/h2-5H,21H2,1H3,(H,22,23);1-2H3. The number of hydrogen-bond donors (Lipinski definition) is 2. The molecule has 2 aromatic carbocycles. The van der Waals surface area contributed by atoms with E-state index in [2.05, 4.69) is 10.2 Å². The quantitative estimate of drug-likeness (QED) is 0.541. The van der Waals surface area contributed by atoms with Crippen molar-refractivity contribution in [2.75, 3.05) is 5.73 Å². The molecule has 0 saturated heterocycles. The van der Waals surface area contributed by atoms with E-state index in [1.807, 2.05) is 26.0 Å². The smallest absolute Gasteiger partial charge is 0.196 e. The van der Waals surface area contributed by atoms with Gasteiger partial charge in [0.1, 0.15) is 18.0 Å². The molecule has 7 heteroatoms. The summed E-state index contributed by atoms with van der Waals surface area (Å²) in [5.41, 5.74) is 6.95. The monoisotopic (exact) mass is 349 g/mol. The second kappa shape index (κ2) is 7.45. The largest absolute Gasteiger partial charge is 0.398 e. The number of nitriles is 2. The van der Waals surface area contributed by atoms with E-state index >= 15 is 0 Å². The number of nitrogens with two attached hydrogens (primary N) is 1. The van der Waals surface area contributed by atoms with E-state index in [0.717, 1.165) is 6.07 Å². The lowest BCUT2D eigenvalue weighted by molar-refractivity contribution is 0.103. The van der Waals surface area contributed by atoms with E-state index in [1.165, 1.54) is 18.2 Å². The van der Waals surface area contributed by atoms with E-state index in [1.54, 1.807) is 6.92 Å². The zero-order valence-corrected chi connectivity index (χ0v) is 14.5. The van der Waals surface area contributed by atoms with Crippen LogP contribution >= 0.6 is 0 Å². The van der Waals surface area contributed by atoms with Crippen molar-refractivity contribution in [3.05, 3.63) is 58.0 Å². The number of halogens is 1. The van der Waals surface area contributed by atoms with Crippen LogP contribution in [0.25, 0.3) is 10.9 Å². The fraction of sp³-hybridized carbons (Fsp3) is 0.158. The van der Waals surface area contributed by atoms with E-state index in [0.29, 0.717) is 10.9 Å². The number of nitrogens with one attached hydrogen (secondary N) is 1. The fourth-order valence-electron chi connectivity index (χ4n) is 2.59. The Balaban J connectivity index is 0.00000117. The van der Waals surface area contributed by atoms with Gasteiger partial charge in [0.25, 0.3) is 0 Å². The molecule has 0 bridgehead atoms. The molecule has 0 unspecified atom stereocenters. The average molecular weight is 349 g/mol. The number of hydrogen-bond acceptors (Lipinski definition) is 5. The summed E-state index contributed by atoms with van der Waals surface area (Å²) in [6.07, 6.45) is 0. The van der Waals surface area contributed by atoms with Crippen molar-refractivity contribution < 1.29 is 9.18 Å². The van der Waals surface area contributed by atoms with Crippen LogP contribution in [0.15, 0.2) is 24.3 Å². The van der Waals surface area contributed by atoms with Gasteiger partial charge in [-0.15, -0.1) is 0 Å². The van der Waals surface area contributed by atoms with Gasteiger partial charge in [0, 0.05) is 16.6 Å². The number of benzene rings is 2. The van der Waals surface area contributed by atoms with Gasteiger partial charge in [0.15, 0.2) is 11.5 Å². The van der Waals surface area contributed by atoms with Crippen LogP contribution in [0.2, 0.25) is 0 Å². The van der Waals surface area contributed by atoms with Crippen molar-refractivity contribution in [3.8, 4) is 12.1 Å². The number of rotatable bonds is 2. The molecule has 3 aromatic rings. The molecule has 3 rings (SSSR count). The molecule has 1 aromatic heterocycles. The lowest BCUT2D eigenvalue weighted by Crippen LogP contribution is -2.10. The minimum absolute atomic E-state index is 0.0207. The molecular formula is C19H16FN5O. The fourth-order valence-corrected chi connectivity index (χ4v) is 2.59. The third-order valence-electron chi connectivity index (χ3n) is 3.78. The molecule has 0 aliphatic heterocycles. The third kappa shape index (κ3) is 2.99. The number of H-pyrrole nitrogens is 1. The van der Waals surface area contributed by atoms with Crippen LogP contribution in [0, 0.1) is 35.4 Å². The molecule has 0 aliphatic rings. The number of aryl methyl sites for hydroxylation is 1. The van der Waals surface area contributed by atoms with Gasteiger partial charge in [-0.05, 0) is 30.7 Å². The summed E-state index contributed by atoms with van der Waals surface area (Å²) in [5.74, 6) is -1.12. The Morgan fingerprint density at radius 2 is 1.92 bits per heavy atom. The number of carbonyl (C=O) groups excluding carboxylic acids is 1. The average Bonchev–Trinajstić information content (AvgIpc) is 3.06. The van der Waals surface area contributed by atoms with Crippen molar-refractivity contribution >= 4 is 22.4 Å². The Bertz CT molecular complexity index is 1090. The first-order valence-corrected chi connectivity index (χ1v) is 7.89. The van der Waals surface area contributed by atoms with Crippen molar-refractivity contribution in [3.63, 3.8) is 0 Å². The summed E-state index contributed by atoms with van der Waals surface area (Å²) >= 11 is 0. The predicted molar refractivity (Wildman–Crippen MR) is 95.9 cm³/mol. The molecule has 26 heavy (non-hydrogen) atoms. The summed E-state index contributed by atoms with van der Waals surface area (Å²) < 4.78 is 13.5. The summed E-state index contributed by atoms with van der Waals surface area (Å²) in [6, 6.07) is 9.06. The molecule has 1 heterocycles. The number of aromatic nitrogens is 2. The first-order valence-electron chi connectivity index (χ1n) is 7.89. The summed E-state index contributed by atoms with van der Waals surface area (Å²) in [5, 5.41) is 25.3. The SMILES string of the molecule is CC.Cc1ccc(F)cc1C(=O)c1c(N)cc2c(C#N)n[nH]c2c1C#N. The van der Waals surface area contributed by atoms with Gasteiger partial charge >= 0.3 is 0 Å². The normalized spacial score (nSPS) is 9.77. The van der Waals surface area contributed by atoms with Gasteiger partial charge < -0.3 is 5.73 Å². The highest BCUT2D eigenvalue weighted by Crippen LogP contribution is 2.30. The van der Waals surface area contributed by atoms with Crippen molar-refractivity contribution in [2.45, 2.75) is 20.8 Å². The van der Waals surface area contributed by atoms with E-state index in [9.17, 15) is 14.4 Å². The van der Waals surface area contributed by atoms with E-state index in [4.69, 9.17) is 11.0 Å². The Morgan fingerprint density at radius 1 is 1.23 bits per heavy atom. The minimum atomic E-state index is -0.560. The molecule has 0 atom stereocenters. The number of fused-ring (bicyclic) bond motifs is 1. The van der Waals surface area contributed by atoms with Crippen molar-refractivity contribution in [1.29, 1.82) is 10.5 Å². The Labute approximate surface area is 149 Å². The number of nitrogens with zero attached hydrogens (tertiary/aromatic N) is 3. The van der Waals surface area contributed by atoms with Gasteiger partial charge in [0.05, 0.1) is 16.6 Å². The minimum Gasteiger partial charge on any atom is -0.398 e. The van der Waals surface area contributed by atoms with Crippen LogP contribution in [0.4, 0.5) is 10.1 Å². The Morgan fingerprint density at radius 3 is 2.54 bits per heavy atom. The maximum Gasteiger partial charge on any atom is 0.196 e. The predicted octanol–water partition coefficient (Wildman–Crippen LogP) is 3.59. The Kier molecular flexibility index (Phi) is 5.34. The lowest BCUT2D eigenvalue weighted by Gasteiger charge is -2.10. The second-order valence-electron chi connectivity index (χ2n) is 5.22. The van der Waals surface area contributed by atoms with E-state index in [-0.39, 0.29) is 33.6 Å². The van der Waals surface area contributed by atoms with Gasteiger partial charge in [0.2, 0.25) is 0 Å². The highest BCUT2D eigenvalue weighted by Gasteiger charge is 2.23. The summed E-state index contributed by atoms with van der Waals surface area (Å²) in [7, 11) is 0. The third-order valence-corrected chi connectivity index (χ3v) is 3.78. The molecule has 0 fully saturated rings. The van der Waals surface area contributed by atoms with Crippen LogP contribution in [0.1, 0.15) is 46.6 Å². The molecule has 0 radical (unpaired) electrons. The molecule has 6 nitrogen and oxygen atoms in total. The summed E-state index contributed by atoms with van der Waals surface area (Å²) in [4.78, 5) is 12.8. The maximum absolute atomic E-state index is 13.5. The van der Waals surface area contributed by atoms with Crippen molar-refractivity contribution in [2.24, 2.45) is 0 Å². The van der Waals surface area contributed by atoms with Gasteiger partial charge in [-0.25, -0.2) is 4.39 Å². The maximum atomic E-state index is 13.5. The lowest BCUT2D eigenvalue weighted by atomic mass is 9.92. The highest BCUT2D eigenvalue weighted by molar-refractivity contribution is 6.17. The zero-order valence-electron chi connectivity index (χ0n) is 14.5. The number of nitrogen functional groups attached to an aromatic ring is 1. The van der Waals surface area contributed by atoms with Crippen LogP contribution in [0.3, 0.4) is 0 Å². The molecule has 0 aliphatic carbocycles. The molecule has 0 saturated carbocycles. The topological polar surface area (TPSA) is 119 Å². The number of aromatic amines is 1. The molecule has 0 spiro atoms. The van der Waals surface area contributed by atoms with Gasteiger partial charge in [-0.2, -0.15) is 15.6 Å². The van der Waals surface area contributed by atoms with Crippen LogP contribution in [-0.4, -0.2) is 16.0 Å². The van der Waals surface area contributed by atoms with Crippen LogP contribution in [-0.2, 0) is 0 Å². The molecular weight excluding hydrogens is 333 g/mol. The number of anilines is 1. The Hall–Kier alpha value is -3.71. The molecule has 130 valence electrons. The van der Waals surface area contributed by atoms with Gasteiger partial charge in [-0.1, -0.05) is 19.9 Å². The molecule has 0 amide bonds. The zero-order chi connectivity index (χ0) is 19.4. The van der Waals surface area contributed by atoms with E-state index < -0.39 is 11.6 Å². The number of carbonyl (C=O) groups is 1. The van der Waals surface area contributed by atoms with Crippen molar-refractivity contribution in [1.82, 2.24) is 10.2 Å².